The molecule has 0 radical (unpaired) electrons. The third-order valence-corrected chi connectivity index (χ3v) is 12.6. The van der Waals surface area contributed by atoms with Crippen LogP contribution in [0.5, 0.6) is 23.0 Å². The van der Waals surface area contributed by atoms with Crippen molar-refractivity contribution in [1.29, 1.82) is 0 Å². The van der Waals surface area contributed by atoms with Gasteiger partial charge in [0.1, 0.15) is 22.7 Å². The van der Waals surface area contributed by atoms with Crippen molar-refractivity contribution < 1.29 is 37.4 Å². The van der Waals surface area contributed by atoms with Crippen LogP contribution in [0.2, 0.25) is 0 Å². The van der Waals surface area contributed by atoms with Crippen LogP contribution in [0.3, 0.4) is 0 Å². The zero-order valence-electron chi connectivity index (χ0n) is 36.5. The maximum Gasteiger partial charge on any atom is 0.540 e. The monoisotopic (exact) mass is 921 g/mol. The molecule has 0 saturated carbocycles. The lowest BCUT2D eigenvalue weighted by molar-refractivity contribution is 0.0517. The quantitative estimate of drug-likeness (QED) is 0.0495. The first kappa shape index (κ1) is 49.2. The van der Waals surface area contributed by atoms with E-state index in [2.05, 4.69) is 33.0 Å². The molecular formula is C44H55N6O8P2S2+. The molecule has 330 valence electrons. The van der Waals surface area contributed by atoms with E-state index in [1.807, 2.05) is 103 Å². The molecular weight excluding hydrogens is 867 g/mol. The smallest absolute Gasteiger partial charge is 0.494 e. The van der Waals surface area contributed by atoms with Crippen molar-refractivity contribution in [3.05, 3.63) is 119 Å². The molecule has 2 unspecified atom stereocenters. The molecule has 4 aromatic rings. The van der Waals surface area contributed by atoms with E-state index in [4.69, 9.17) is 51.4 Å². The highest BCUT2D eigenvalue weighted by molar-refractivity contribution is 8.09. The largest absolute Gasteiger partial charge is 0.540 e. The number of carbonyl (C=O) groups excluding carboxylic acids is 2. The molecule has 0 spiro atoms. The lowest BCUT2D eigenvalue weighted by Gasteiger charge is -2.28. The van der Waals surface area contributed by atoms with Gasteiger partial charge in [-0.15, -0.1) is 5.10 Å². The van der Waals surface area contributed by atoms with Crippen LogP contribution >= 0.6 is 13.7 Å². The van der Waals surface area contributed by atoms with Gasteiger partial charge in [-0.3, -0.25) is 4.52 Å². The molecule has 0 bridgehead atoms. The average molecular weight is 922 g/mol. The lowest BCUT2D eigenvalue weighted by Crippen LogP contribution is -2.33. The van der Waals surface area contributed by atoms with E-state index in [-0.39, 0.29) is 0 Å². The van der Waals surface area contributed by atoms with Gasteiger partial charge in [0.05, 0.1) is 26.1 Å². The van der Waals surface area contributed by atoms with Gasteiger partial charge in [-0.05, 0) is 157 Å². The number of nitrogens with zero attached hydrogens (tertiary/aromatic N) is 4. The molecule has 4 rings (SSSR count). The van der Waals surface area contributed by atoms with Gasteiger partial charge in [-0.1, -0.05) is 23.0 Å². The van der Waals surface area contributed by atoms with Crippen molar-refractivity contribution in [3.8, 4) is 23.0 Å². The Hall–Kier alpha value is -5.45. The highest BCUT2D eigenvalue weighted by atomic mass is 32.5. The maximum atomic E-state index is 12.1. The number of hydrogen-bond acceptors (Lipinski definition) is 12. The molecule has 0 aliphatic carbocycles. The third kappa shape index (κ3) is 17.9. The van der Waals surface area contributed by atoms with E-state index >= 15 is 0 Å². The molecule has 0 aliphatic rings. The van der Waals surface area contributed by atoms with Crippen molar-refractivity contribution in [2.45, 2.75) is 72.5 Å². The number of carbonyl (C=O) groups is 2. The number of alkyl carbamates (subject to hydrolysis) is 2. The minimum absolute atomic E-state index is 0.305. The first-order chi connectivity index (χ1) is 29.3. The normalized spacial score (nSPS) is 11.9. The van der Waals surface area contributed by atoms with E-state index < -0.39 is 37.1 Å². The summed E-state index contributed by atoms with van der Waals surface area (Å²) in [4.78, 5) is 24.1. The summed E-state index contributed by atoms with van der Waals surface area (Å²) in [5.74, 6) is 2.15. The van der Waals surface area contributed by atoms with Crippen LogP contribution in [0.15, 0.2) is 95.1 Å². The zero-order chi connectivity index (χ0) is 45.3. The Labute approximate surface area is 376 Å². The van der Waals surface area contributed by atoms with Gasteiger partial charge in [-0.2, -0.15) is 5.10 Å². The van der Waals surface area contributed by atoms with Crippen LogP contribution < -0.4 is 28.9 Å². The van der Waals surface area contributed by atoms with E-state index in [0.717, 1.165) is 28.0 Å². The van der Waals surface area contributed by atoms with E-state index in [9.17, 15) is 9.59 Å². The van der Waals surface area contributed by atoms with Gasteiger partial charge in [0.2, 0.25) is 11.8 Å². The Kier molecular flexibility index (Phi) is 18.4. The summed E-state index contributed by atoms with van der Waals surface area (Å²) in [6.07, 6.45) is 3.47. The number of hydrazone groups is 2. The van der Waals surface area contributed by atoms with Crippen LogP contribution in [-0.2, 0) is 45.9 Å². The van der Waals surface area contributed by atoms with Crippen molar-refractivity contribution in [1.82, 2.24) is 20.2 Å². The molecule has 0 aromatic heterocycles. The van der Waals surface area contributed by atoms with E-state index in [1.165, 1.54) is 4.78 Å². The Bertz CT molecular complexity index is 2100. The third-order valence-electron chi connectivity index (χ3n) is 7.88. The first-order valence-electron chi connectivity index (χ1n) is 19.8. The number of rotatable bonds is 20. The van der Waals surface area contributed by atoms with Crippen molar-refractivity contribution in [2.75, 3.05) is 33.8 Å². The summed E-state index contributed by atoms with van der Waals surface area (Å²) in [6.45, 7) is 10.8. The molecule has 14 nitrogen and oxygen atoms in total. The highest BCUT2D eigenvalue weighted by Crippen LogP contribution is 2.51. The second-order valence-corrected chi connectivity index (χ2v) is 20.9. The minimum atomic E-state index is -3.40. The fourth-order valence-electron chi connectivity index (χ4n) is 4.93. The van der Waals surface area contributed by atoms with Gasteiger partial charge in [0, 0.05) is 37.5 Å². The van der Waals surface area contributed by atoms with Gasteiger partial charge >= 0.3 is 25.9 Å². The second kappa shape index (κ2) is 23.1. The van der Waals surface area contributed by atoms with E-state index in [0.29, 0.717) is 49.8 Å². The maximum absolute atomic E-state index is 12.1. The number of nitrogens with one attached hydrogen (secondary N) is 2. The second-order valence-electron chi connectivity index (χ2n) is 15.5. The van der Waals surface area contributed by atoms with Crippen LogP contribution in [0.4, 0.5) is 9.59 Å². The summed E-state index contributed by atoms with van der Waals surface area (Å²) >= 11 is 11.7. The van der Waals surface area contributed by atoms with Crippen LogP contribution in [0.1, 0.15) is 70.7 Å². The fraction of sp³-hybridized carbons (Fsp3) is 0.364. The summed E-state index contributed by atoms with van der Waals surface area (Å²) < 4.78 is 38.0. The van der Waals surface area contributed by atoms with Crippen LogP contribution in [-0.4, -0.2) is 79.2 Å². The molecule has 0 fully saturated rings. The summed E-state index contributed by atoms with van der Waals surface area (Å²) in [5.41, 5.74) is 2.26. The predicted octanol–water partition coefficient (Wildman–Crippen LogP) is 9.59. The average Bonchev–Trinajstić information content (AvgIpc) is 3.20. The Morgan fingerprint density at radius 2 is 1.26 bits per heavy atom. The molecule has 18 heteroatoms. The topological polar surface area (TPSA) is 145 Å². The molecule has 2 atom stereocenters. The molecule has 2 N–H and O–H groups in total. The number of ether oxygens (including phenoxy) is 3. The van der Waals surface area contributed by atoms with Crippen LogP contribution in [0, 0.1) is 12.1 Å². The summed E-state index contributed by atoms with van der Waals surface area (Å²) in [6, 6.07) is 31.9. The van der Waals surface area contributed by atoms with Crippen molar-refractivity contribution >= 4 is 61.9 Å². The van der Waals surface area contributed by atoms with Gasteiger partial charge < -0.3 is 33.9 Å². The number of benzene rings is 3. The summed E-state index contributed by atoms with van der Waals surface area (Å²) in [5, 5.41) is 14.6. The fourth-order valence-corrected chi connectivity index (χ4v) is 7.70. The number of hydrogen-bond donors (Lipinski definition) is 2. The first-order valence-corrected chi connectivity index (χ1v) is 24.6. The lowest BCUT2D eigenvalue weighted by atomic mass is 10.1. The van der Waals surface area contributed by atoms with Crippen molar-refractivity contribution in [2.24, 2.45) is 10.2 Å². The summed E-state index contributed by atoms with van der Waals surface area (Å²) in [7, 11) is 1.97. The molecule has 62 heavy (non-hydrogen) atoms. The predicted molar refractivity (Wildman–Crippen MR) is 252 cm³/mol. The van der Waals surface area contributed by atoms with Gasteiger partial charge in [-0.25, -0.2) is 14.4 Å². The molecule has 2 amide bonds. The Morgan fingerprint density at radius 1 is 0.726 bits per heavy atom. The van der Waals surface area contributed by atoms with Gasteiger partial charge in [0.25, 0.3) is 0 Å². The molecule has 0 saturated heterocycles. The number of amides is 2. The Balaban J connectivity index is 1.42. The van der Waals surface area contributed by atoms with Crippen LogP contribution in [0.25, 0.3) is 0 Å². The van der Waals surface area contributed by atoms with Gasteiger partial charge in [0.15, 0.2) is 11.5 Å². The molecule has 0 aliphatic heterocycles. The standard InChI is InChI=1S/C44H54N6O8P2S2/c1-10-53-37-19-15-35(16-20-37)31-47-49(8)59(61)56-38-21-17-36(18-22-38)32-48-50(9)60(62,57-39-23-11-33(12-24-39)27-29-45-41(51)54-43(2,3)4)58-40-25-13-34(14-26-40)28-30-46-42(52)55-44(5,6)7/h11-13,15-25,31-32H,10,27-30H2,1-9H3,(H-,45,46,51,52)/p+1/b47-31-,48-32-. The highest BCUT2D eigenvalue weighted by Gasteiger charge is 2.29. The molecule has 4 aromatic carbocycles. The minimum Gasteiger partial charge on any atom is -0.494 e. The zero-order valence-corrected chi connectivity index (χ0v) is 40.0. The Morgan fingerprint density at radius 3 is 1.79 bits per heavy atom. The van der Waals surface area contributed by atoms with Crippen molar-refractivity contribution in [3.63, 3.8) is 0 Å². The van der Waals surface area contributed by atoms with E-state index in [1.54, 1.807) is 61.6 Å². The SMILES string of the molecule is CCOc1ccc(/C=N\N(C)[P+](=S)Oc2ccc(/C=N\N(C)P(=S)(Oc3c#cc(CCNC(=O)OC(C)(C)C)cc3)Oc3ccc(CCNC(=O)OC(C)(C)C)cc3)cc2)cc1. The molecule has 0 heterocycles.